The van der Waals surface area contributed by atoms with Gasteiger partial charge in [0.15, 0.2) is 0 Å². The number of nitrogens with zero attached hydrogens (tertiary/aromatic N) is 2. The van der Waals surface area contributed by atoms with Crippen molar-refractivity contribution in [1.29, 1.82) is 0 Å². The molecule has 0 spiro atoms. The van der Waals surface area contributed by atoms with Crippen molar-refractivity contribution in [2.45, 2.75) is 13.1 Å². The van der Waals surface area contributed by atoms with Crippen LogP contribution in [0.25, 0.3) is 11.3 Å². The van der Waals surface area contributed by atoms with E-state index in [0.717, 1.165) is 5.56 Å². The minimum atomic E-state index is -4.47. The Kier molecular flexibility index (Phi) is 5.39. The molecule has 24 heavy (non-hydrogen) atoms. The summed E-state index contributed by atoms with van der Waals surface area (Å²) in [5.41, 5.74) is 2.08. The van der Waals surface area contributed by atoms with Gasteiger partial charge >= 0.3 is 6.18 Å². The van der Waals surface area contributed by atoms with E-state index in [-0.39, 0.29) is 12.1 Å². The van der Waals surface area contributed by atoms with Crippen molar-refractivity contribution in [1.82, 2.24) is 9.88 Å². The number of carbonyl (C=O) groups excluding carboxylic acids is 1. The second kappa shape index (κ2) is 7.29. The Morgan fingerprint density at radius 1 is 1.21 bits per heavy atom. The lowest BCUT2D eigenvalue weighted by atomic mass is 10.1. The van der Waals surface area contributed by atoms with Crippen LogP contribution in [0.1, 0.15) is 16.1 Å². The van der Waals surface area contributed by atoms with Gasteiger partial charge in [-0.25, -0.2) is 0 Å². The predicted octanol–water partition coefficient (Wildman–Crippen LogP) is 4.25. The van der Waals surface area contributed by atoms with E-state index in [0.29, 0.717) is 16.3 Å². The van der Waals surface area contributed by atoms with Gasteiger partial charge in [0.05, 0.1) is 17.0 Å². The van der Waals surface area contributed by atoms with Gasteiger partial charge in [-0.15, -0.1) is 6.58 Å². The van der Waals surface area contributed by atoms with Crippen LogP contribution in [0.2, 0.25) is 0 Å². The van der Waals surface area contributed by atoms with E-state index in [1.165, 1.54) is 12.1 Å². The molecule has 0 saturated carbocycles. The van der Waals surface area contributed by atoms with Crippen molar-refractivity contribution in [3.63, 3.8) is 0 Å². The van der Waals surface area contributed by atoms with Crippen molar-refractivity contribution >= 4 is 5.91 Å². The zero-order valence-electron chi connectivity index (χ0n) is 13.2. The fourth-order valence-corrected chi connectivity index (χ4v) is 2.32. The first-order chi connectivity index (χ1) is 11.3. The average molecular weight is 334 g/mol. The summed E-state index contributed by atoms with van der Waals surface area (Å²) >= 11 is 0. The first-order valence-corrected chi connectivity index (χ1v) is 7.32. The molecule has 2 rings (SSSR count). The molecule has 126 valence electrons. The second-order valence-corrected chi connectivity index (χ2v) is 5.29. The van der Waals surface area contributed by atoms with Gasteiger partial charge in [0, 0.05) is 12.1 Å². The van der Waals surface area contributed by atoms with Crippen LogP contribution in [0, 0.1) is 6.92 Å². The molecule has 0 bridgehead atoms. The lowest BCUT2D eigenvalue weighted by Crippen LogP contribution is -2.39. The van der Waals surface area contributed by atoms with E-state index in [1.807, 2.05) is 30.3 Å². The van der Waals surface area contributed by atoms with Gasteiger partial charge in [0.1, 0.15) is 6.54 Å². The minimum Gasteiger partial charge on any atom is -0.326 e. The summed E-state index contributed by atoms with van der Waals surface area (Å²) in [6.07, 6.45) is -3.20. The van der Waals surface area contributed by atoms with E-state index in [9.17, 15) is 18.0 Å². The maximum Gasteiger partial charge on any atom is 0.406 e. The Bertz CT molecular complexity index is 727. The highest BCUT2D eigenvalue weighted by atomic mass is 19.4. The Hall–Kier alpha value is -2.63. The number of aromatic nitrogens is 1. The van der Waals surface area contributed by atoms with Crippen LogP contribution >= 0.6 is 0 Å². The summed E-state index contributed by atoms with van der Waals surface area (Å²) < 4.78 is 37.9. The minimum absolute atomic E-state index is 0.154. The normalized spacial score (nSPS) is 11.2. The number of benzene rings is 1. The molecule has 1 amide bonds. The summed E-state index contributed by atoms with van der Waals surface area (Å²) in [6, 6.07) is 12.5. The molecule has 1 aromatic heterocycles. The number of carbonyl (C=O) groups is 1. The molecule has 0 aliphatic heterocycles. The number of amides is 1. The molecule has 2 aromatic rings. The standard InChI is InChI=1S/C18H17F3N2O/c1-3-11-23(12-18(19,20)21)17(24)15-9-10-16(22-13(15)2)14-7-5-4-6-8-14/h3-10H,1,11-12H2,2H3. The second-order valence-electron chi connectivity index (χ2n) is 5.29. The van der Waals surface area contributed by atoms with Crippen molar-refractivity contribution in [3.8, 4) is 11.3 Å². The van der Waals surface area contributed by atoms with Gasteiger partial charge in [0.2, 0.25) is 0 Å². The van der Waals surface area contributed by atoms with E-state index in [4.69, 9.17) is 0 Å². The number of pyridine rings is 1. The van der Waals surface area contributed by atoms with E-state index in [1.54, 1.807) is 13.0 Å². The van der Waals surface area contributed by atoms with E-state index in [2.05, 4.69) is 11.6 Å². The van der Waals surface area contributed by atoms with E-state index < -0.39 is 18.6 Å². The summed E-state index contributed by atoms with van der Waals surface area (Å²) in [4.78, 5) is 17.5. The van der Waals surface area contributed by atoms with Crippen molar-refractivity contribution in [2.24, 2.45) is 0 Å². The zero-order chi connectivity index (χ0) is 17.7. The van der Waals surface area contributed by atoms with Crippen LogP contribution in [0.15, 0.2) is 55.1 Å². The molecule has 0 aliphatic rings. The van der Waals surface area contributed by atoms with Crippen LogP contribution in [0.4, 0.5) is 13.2 Å². The highest BCUT2D eigenvalue weighted by Gasteiger charge is 2.33. The first kappa shape index (κ1) is 17.7. The number of rotatable bonds is 5. The Balaban J connectivity index is 2.30. The van der Waals surface area contributed by atoms with Gasteiger partial charge < -0.3 is 4.90 Å². The maximum absolute atomic E-state index is 12.6. The van der Waals surface area contributed by atoms with Crippen molar-refractivity contribution in [3.05, 3.63) is 66.4 Å². The summed E-state index contributed by atoms with van der Waals surface area (Å²) in [5.74, 6) is -0.711. The first-order valence-electron chi connectivity index (χ1n) is 7.32. The zero-order valence-corrected chi connectivity index (χ0v) is 13.2. The Labute approximate surface area is 138 Å². The number of halogens is 3. The maximum atomic E-state index is 12.6. The van der Waals surface area contributed by atoms with E-state index >= 15 is 0 Å². The molecular weight excluding hydrogens is 317 g/mol. The molecule has 0 radical (unpaired) electrons. The topological polar surface area (TPSA) is 33.2 Å². The summed E-state index contributed by atoms with van der Waals surface area (Å²) in [5, 5.41) is 0. The van der Waals surface area contributed by atoms with Crippen LogP contribution < -0.4 is 0 Å². The smallest absolute Gasteiger partial charge is 0.326 e. The molecule has 0 atom stereocenters. The average Bonchev–Trinajstić information content (AvgIpc) is 2.53. The van der Waals surface area contributed by atoms with Crippen LogP contribution in [0.5, 0.6) is 0 Å². The van der Waals surface area contributed by atoms with Gasteiger partial charge in [-0.3, -0.25) is 9.78 Å². The number of alkyl halides is 3. The van der Waals surface area contributed by atoms with Gasteiger partial charge in [-0.2, -0.15) is 13.2 Å². The molecule has 3 nitrogen and oxygen atoms in total. The number of hydrogen-bond acceptors (Lipinski definition) is 2. The molecule has 1 heterocycles. The SMILES string of the molecule is C=CCN(CC(F)(F)F)C(=O)c1ccc(-c2ccccc2)nc1C. The van der Waals surface area contributed by atoms with Crippen LogP contribution in [0.3, 0.4) is 0 Å². The highest BCUT2D eigenvalue weighted by molar-refractivity contribution is 5.95. The van der Waals surface area contributed by atoms with Crippen LogP contribution in [-0.2, 0) is 0 Å². The van der Waals surface area contributed by atoms with Gasteiger partial charge in [0.25, 0.3) is 5.91 Å². The fourth-order valence-electron chi connectivity index (χ4n) is 2.32. The van der Waals surface area contributed by atoms with Crippen molar-refractivity contribution < 1.29 is 18.0 Å². The molecule has 1 aromatic carbocycles. The molecule has 0 fully saturated rings. The fraction of sp³-hybridized carbons (Fsp3) is 0.222. The number of aryl methyl sites for hydroxylation is 1. The quantitative estimate of drug-likeness (QED) is 0.766. The molecule has 0 N–H and O–H groups in total. The highest BCUT2D eigenvalue weighted by Crippen LogP contribution is 2.22. The third-order valence-corrected chi connectivity index (χ3v) is 3.39. The lowest BCUT2D eigenvalue weighted by molar-refractivity contribution is -0.139. The third kappa shape index (κ3) is 4.44. The Morgan fingerprint density at radius 2 is 1.88 bits per heavy atom. The molecule has 0 aliphatic carbocycles. The van der Waals surface area contributed by atoms with Crippen LogP contribution in [-0.4, -0.2) is 35.1 Å². The third-order valence-electron chi connectivity index (χ3n) is 3.39. The molecule has 0 unspecified atom stereocenters. The predicted molar refractivity (Wildman–Crippen MR) is 86.6 cm³/mol. The molecule has 6 heteroatoms. The summed E-state index contributed by atoms with van der Waals surface area (Å²) in [6.45, 7) is 3.51. The lowest BCUT2D eigenvalue weighted by Gasteiger charge is -2.23. The van der Waals surface area contributed by atoms with Gasteiger partial charge in [-0.1, -0.05) is 36.4 Å². The summed E-state index contributed by atoms with van der Waals surface area (Å²) in [7, 11) is 0. The molecule has 0 saturated heterocycles. The van der Waals surface area contributed by atoms with Gasteiger partial charge in [-0.05, 0) is 19.1 Å². The van der Waals surface area contributed by atoms with Crippen molar-refractivity contribution in [2.75, 3.05) is 13.1 Å². The molecular formula is C18H17F3N2O. The Morgan fingerprint density at radius 3 is 2.42 bits per heavy atom. The largest absolute Gasteiger partial charge is 0.406 e. The number of hydrogen-bond donors (Lipinski definition) is 0. The monoisotopic (exact) mass is 334 g/mol.